The van der Waals surface area contributed by atoms with Gasteiger partial charge in [0.2, 0.25) is 0 Å². The van der Waals surface area contributed by atoms with Gasteiger partial charge in [-0.05, 0) is 35.8 Å². The van der Waals surface area contributed by atoms with Crippen molar-refractivity contribution in [1.29, 1.82) is 5.26 Å². The number of halogens is 2. The van der Waals surface area contributed by atoms with Gasteiger partial charge in [-0.15, -0.1) is 11.3 Å². The summed E-state index contributed by atoms with van der Waals surface area (Å²) in [5.74, 6) is -0.205. The van der Waals surface area contributed by atoms with Gasteiger partial charge in [0.05, 0.1) is 10.2 Å². The lowest BCUT2D eigenvalue weighted by Gasteiger charge is -2.15. The van der Waals surface area contributed by atoms with E-state index in [2.05, 4.69) is 4.74 Å². The molecule has 182 valence electrons. The molecular weight excluding hydrogens is 470 g/mol. The van der Waals surface area contributed by atoms with E-state index in [-0.39, 0.29) is 32.0 Å². The number of nitriles is 1. The van der Waals surface area contributed by atoms with Gasteiger partial charge in [0.25, 0.3) is 5.56 Å². The van der Waals surface area contributed by atoms with Gasteiger partial charge in [-0.1, -0.05) is 65.0 Å². The van der Waals surface area contributed by atoms with E-state index in [1.807, 2.05) is 32.0 Å². The zero-order chi connectivity index (χ0) is 25.9. The molecule has 0 unspecified atom stereocenters. The standard InChI is InChI=1S/C27H26F2N2O3S/c1-16(2)17-10-12-19(13-11-17)31-24(33)22(14-18-8-6-7-9-21(18)34-26(28)29)35-25(31)20(15-30)23(32)27(3,4)5/h6-14,16,26H,1-5H3/b22-14+,25-20+. The van der Waals surface area contributed by atoms with Crippen LogP contribution in [0.3, 0.4) is 0 Å². The number of carbonyl (C=O) groups excluding carboxylic acids is 1. The molecule has 0 N–H and O–H groups in total. The SMILES string of the molecule is CC(C)c1ccc(-n2c(=O)/c(=C\c3ccccc3OC(F)F)s/c2=C(\C#N)C(=O)C(C)(C)C)cc1. The molecule has 35 heavy (non-hydrogen) atoms. The number of ether oxygens (including phenoxy) is 1. The minimum absolute atomic E-state index is 0.0834. The smallest absolute Gasteiger partial charge is 0.387 e. The summed E-state index contributed by atoms with van der Waals surface area (Å²) in [6.45, 7) is 6.17. The highest BCUT2D eigenvalue weighted by Crippen LogP contribution is 2.22. The molecule has 3 rings (SSSR count). The second-order valence-electron chi connectivity index (χ2n) is 9.28. The van der Waals surface area contributed by atoms with E-state index in [0.29, 0.717) is 5.69 Å². The molecule has 1 aromatic heterocycles. The summed E-state index contributed by atoms with van der Waals surface area (Å²) < 4.78 is 32.0. The topological polar surface area (TPSA) is 72.1 Å². The van der Waals surface area contributed by atoms with Crippen molar-refractivity contribution >= 4 is 28.8 Å². The lowest BCUT2D eigenvalue weighted by molar-refractivity contribution is -0.120. The Kier molecular flexibility index (Phi) is 7.71. The summed E-state index contributed by atoms with van der Waals surface area (Å²) in [7, 11) is 0. The summed E-state index contributed by atoms with van der Waals surface area (Å²) in [5, 5.41) is 9.90. The van der Waals surface area contributed by atoms with Crippen molar-refractivity contribution in [2.45, 2.75) is 47.1 Å². The highest BCUT2D eigenvalue weighted by Gasteiger charge is 2.27. The van der Waals surface area contributed by atoms with E-state index >= 15 is 0 Å². The molecule has 1 heterocycles. The third kappa shape index (κ3) is 5.75. The normalized spacial score (nSPS) is 13.2. The largest absolute Gasteiger partial charge is 0.434 e. The lowest BCUT2D eigenvalue weighted by atomic mass is 9.87. The average molecular weight is 497 g/mol. The minimum atomic E-state index is -3.03. The molecule has 2 aromatic carbocycles. The summed E-state index contributed by atoms with van der Waals surface area (Å²) in [5.41, 5.74) is 0.392. The maximum absolute atomic E-state index is 13.6. The van der Waals surface area contributed by atoms with Crippen LogP contribution >= 0.6 is 11.3 Å². The number of alkyl halides is 2. The first kappa shape index (κ1) is 26.0. The van der Waals surface area contributed by atoms with Crippen LogP contribution in [0.25, 0.3) is 17.3 Å². The van der Waals surface area contributed by atoms with Crippen LogP contribution in [0.4, 0.5) is 8.78 Å². The molecule has 0 amide bonds. The fraction of sp³-hybridized carbons (Fsp3) is 0.296. The zero-order valence-electron chi connectivity index (χ0n) is 20.1. The Morgan fingerprint density at radius 1 is 1.11 bits per heavy atom. The maximum Gasteiger partial charge on any atom is 0.387 e. The second kappa shape index (κ2) is 10.4. The van der Waals surface area contributed by atoms with E-state index in [9.17, 15) is 23.6 Å². The predicted octanol–water partition coefficient (Wildman–Crippen LogP) is 4.74. The number of ketones is 1. The fourth-order valence-corrected chi connectivity index (χ4v) is 4.50. The molecule has 0 aliphatic rings. The fourth-order valence-electron chi connectivity index (χ4n) is 3.41. The van der Waals surface area contributed by atoms with Crippen molar-refractivity contribution in [2.24, 2.45) is 5.41 Å². The number of aromatic nitrogens is 1. The molecule has 0 bridgehead atoms. The van der Waals surface area contributed by atoms with Gasteiger partial charge in [0.15, 0.2) is 5.78 Å². The molecule has 0 radical (unpaired) electrons. The first-order chi connectivity index (χ1) is 16.4. The molecule has 5 nitrogen and oxygen atoms in total. The third-order valence-corrected chi connectivity index (χ3v) is 6.39. The lowest BCUT2D eigenvalue weighted by Crippen LogP contribution is -2.33. The van der Waals surface area contributed by atoms with Crippen LogP contribution < -0.4 is 19.5 Å². The van der Waals surface area contributed by atoms with E-state index in [0.717, 1.165) is 16.9 Å². The second-order valence-corrected chi connectivity index (χ2v) is 10.3. The molecule has 0 spiro atoms. The highest BCUT2D eigenvalue weighted by atomic mass is 32.1. The molecule has 0 saturated heterocycles. The molecule has 3 aromatic rings. The molecular formula is C27H26F2N2O3S. The summed E-state index contributed by atoms with van der Waals surface area (Å²) in [4.78, 5) is 26.7. The van der Waals surface area contributed by atoms with Gasteiger partial charge in [-0.2, -0.15) is 14.0 Å². The zero-order valence-corrected chi connectivity index (χ0v) is 21.0. The monoisotopic (exact) mass is 496 g/mol. The molecule has 0 fully saturated rings. The number of carbonyl (C=O) groups is 1. The first-order valence-electron chi connectivity index (χ1n) is 11.0. The average Bonchev–Trinajstić information content (AvgIpc) is 3.10. The van der Waals surface area contributed by atoms with E-state index < -0.39 is 23.4 Å². The van der Waals surface area contributed by atoms with Gasteiger partial charge >= 0.3 is 6.61 Å². The minimum Gasteiger partial charge on any atom is -0.434 e. The number of hydrogen-bond donors (Lipinski definition) is 0. The quantitative estimate of drug-likeness (QED) is 0.494. The molecule has 0 aliphatic heterocycles. The van der Waals surface area contributed by atoms with Crippen LogP contribution in [0.1, 0.15) is 51.7 Å². The van der Waals surface area contributed by atoms with Gasteiger partial charge in [-0.25, -0.2) is 0 Å². The Bertz CT molecular complexity index is 1450. The van der Waals surface area contributed by atoms with Crippen molar-refractivity contribution in [3.8, 4) is 17.5 Å². The highest BCUT2D eigenvalue weighted by molar-refractivity contribution is 7.07. The Balaban J connectivity index is 2.39. The summed E-state index contributed by atoms with van der Waals surface area (Å²) in [6.07, 6.45) is 1.43. The van der Waals surface area contributed by atoms with Gasteiger partial charge < -0.3 is 4.74 Å². The number of Topliss-reactive ketones (excluding diaryl/α,β-unsaturated/α-hetero) is 1. The van der Waals surface area contributed by atoms with Crippen LogP contribution in [0.5, 0.6) is 5.75 Å². The molecule has 0 saturated carbocycles. The molecule has 0 aliphatic carbocycles. The molecule has 0 atom stereocenters. The summed E-state index contributed by atoms with van der Waals surface area (Å²) >= 11 is 0.962. The Morgan fingerprint density at radius 3 is 2.29 bits per heavy atom. The Labute approximate surface area is 206 Å². The van der Waals surface area contributed by atoms with Gasteiger partial charge in [0, 0.05) is 11.0 Å². The van der Waals surface area contributed by atoms with E-state index in [1.54, 1.807) is 51.1 Å². The van der Waals surface area contributed by atoms with E-state index in [1.165, 1.54) is 16.7 Å². The van der Waals surface area contributed by atoms with Crippen molar-refractivity contribution in [2.75, 3.05) is 0 Å². The number of hydrogen-bond acceptors (Lipinski definition) is 5. The van der Waals surface area contributed by atoms with Crippen molar-refractivity contribution < 1.29 is 18.3 Å². The van der Waals surface area contributed by atoms with E-state index in [4.69, 9.17) is 0 Å². The van der Waals surface area contributed by atoms with Crippen molar-refractivity contribution in [3.63, 3.8) is 0 Å². The van der Waals surface area contributed by atoms with Crippen LogP contribution in [0, 0.1) is 16.7 Å². The number of benzene rings is 2. The van der Waals surface area contributed by atoms with Gasteiger partial charge in [0.1, 0.15) is 22.1 Å². The predicted molar refractivity (Wildman–Crippen MR) is 133 cm³/mol. The first-order valence-corrected chi connectivity index (χ1v) is 11.8. The third-order valence-electron chi connectivity index (χ3n) is 5.30. The van der Waals surface area contributed by atoms with Crippen LogP contribution in [0.15, 0.2) is 53.3 Å². The summed E-state index contributed by atoms with van der Waals surface area (Å²) in [6, 6.07) is 15.4. The Hall–Kier alpha value is -3.57. The van der Waals surface area contributed by atoms with Gasteiger partial charge in [-0.3, -0.25) is 14.2 Å². The Morgan fingerprint density at radius 2 is 1.74 bits per heavy atom. The van der Waals surface area contributed by atoms with Crippen molar-refractivity contribution in [1.82, 2.24) is 4.57 Å². The maximum atomic E-state index is 13.6. The van der Waals surface area contributed by atoms with Crippen molar-refractivity contribution in [3.05, 3.63) is 79.2 Å². The molecule has 8 heteroatoms. The number of para-hydroxylation sites is 1. The van der Waals surface area contributed by atoms with Crippen LogP contribution in [-0.4, -0.2) is 17.0 Å². The number of thiazole rings is 1. The van der Waals surface area contributed by atoms with Crippen LogP contribution in [0.2, 0.25) is 0 Å². The number of rotatable bonds is 6. The number of nitrogens with zero attached hydrogens (tertiary/aromatic N) is 2. The van der Waals surface area contributed by atoms with Crippen LogP contribution in [-0.2, 0) is 4.79 Å².